The Hall–Kier alpha value is -3.39. The lowest BCUT2D eigenvalue weighted by Gasteiger charge is -2.26. The number of ether oxygens (including phenoxy) is 2. The highest BCUT2D eigenvalue weighted by molar-refractivity contribution is 7.89. The van der Waals surface area contributed by atoms with Crippen LogP contribution in [0.5, 0.6) is 0 Å². The summed E-state index contributed by atoms with van der Waals surface area (Å²) in [6.45, 7) is 5.82. The number of sulfonamides is 1. The number of morpholine rings is 2. The number of hydrogen-bond donors (Lipinski definition) is 1. The highest BCUT2D eigenvalue weighted by Crippen LogP contribution is 2.26. The molecule has 0 radical (unpaired) electrons. The number of nitrogens with one attached hydrogen (secondary N) is 1. The van der Waals surface area contributed by atoms with Crippen LogP contribution in [0.1, 0.15) is 5.56 Å². The molecule has 2 aromatic heterocycles. The van der Waals surface area contributed by atoms with Gasteiger partial charge in [-0.2, -0.15) is 9.40 Å². The summed E-state index contributed by atoms with van der Waals surface area (Å²) in [5.41, 5.74) is 2.95. The normalized spacial score (nSPS) is 17.1. The first kappa shape index (κ1) is 25.3. The van der Waals surface area contributed by atoms with Crippen molar-refractivity contribution in [2.24, 2.45) is 0 Å². The Balaban J connectivity index is 1.27. The van der Waals surface area contributed by atoms with Gasteiger partial charge in [0.1, 0.15) is 6.54 Å². The number of carbonyl (C=O) groups excluding carboxylic acids is 1. The van der Waals surface area contributed by atoms with Crippen LogP contribution in [-0.4, -0.2) is 95.9 Å². The zero-order valence-electron chi connectivity index (χ0n) is 20.5. The predicted molar refractivity (Wildman–Crippen MR) is 135 cm³/mol. The van der Waals surface area contributed by atoms with E-state index in [-0.39, 0.29) is 17.3 Å². The summed E-state index contributed by atoms with van der Waals surface area (Å²) >= 11 is 0. The maximum atomic E-state index is 12.9. The standard InChI is InChI=1S/C24H29N7O5S/c1-18-14-25-24(27-20-15-26-30(16-20)17-22(32)29-6-10-35-11-7-29)28-23(18)19-2-4-21(5-3-19)37(33,34)31-8-12-36-13-9-31/h2-5,14-16H,6-13,17H2,1H3,(H,25,27,28). The molecule has 0 spiro atoms. The molecule has 3 aromatic rings. The van der Waals surface area contributed by atoms with Gasteiger partial charge in [-0.25, -0.2) is 18.4 Å². The molecule has 12 nitrogen and oxygen atoms in total. The molecule has 0 bridgehead atoms. The summed E-state index contributed by atoms with van der Waals surface area (Å²) in [7, 11) is -3.57. The lowest BCUT2D eigenvalue weighted by molar-refractivity contribution is -0.136. The average Bonchev–Trinajstić information content (AvgIpc) is 3.37. The summed E-state index contributed by atoms with van der Waals surface area (Å²) in [6.07, 6.45) is 5.04. The quantitative estimate of drug-likeness (QED) is 0.482. The van der Waals surface area contributed by atoms with Gasteiger partial charge in [0.2, 0.25) is 21.9 Å². The van der Waals surface area contributed by atoms with Gasteiger partial charge < -0.3 is 19.7 Å². The van der Waals surface area contributed by atoms with Gasteiger partial charge in [0, 0.05) is 44.1 Å². The van der Waals surface area contributed by atoms with Gasteiger partial charge in [0.25, 0.3) is 0 Å². The highest BCUT2D eigenvalue weighted by Gasteiger charge is 2.26. The molecular formula is C24H29N7O5S. The molecule has 0 aliphatic carbocycles. The van der Waals surface area contributed by atoms with Crippen molar-refractivity contribution in [3.63, 3.8) is 0 Å². The molecular weight excluding hydrogens is 498 g/mol. The number of rotatable bonds is 7. The minimum absolute atomic E-state index is 0.00842. The number of hydrogen-bond acceptors (Lipinski definition) is 9. The van der Waals surface area contributed by atoms with Gasteiger partial charge >= 0.3 is 0 Å². The molecule has 1 N–H and O–H groups in total. The first-order valence-electron chi connectivity index (χ1n) is 12.1. The van der Waals surface area contributed by atoms with Crippen LogP contribution >= 0.6 is 0 Å². The highest BCUT2D eigenvalue weighted by atomic mass is 32.2. The van der Waals surface area contributed by atoms with Gasteiger partial charge in [0.15, 0.2) is 0 Å². The second-order valence-electron chi connectivity index (χ2n) is 8.81. The zero-order valence-corrected chi connectivity index (χ0v) is 21.4. The number of carbonyl (C=O) groups is 1. The second-order valence-corrected chi connectivity index (χ2v) is 10.7. The van der Waals surface area contributed by atoms with E-state index in [0.29, 0.717) is 69.9 Å². The largest absolute Gasteiger partial charge is 0.379 e. The van der Waals surface area contributed by atoms with Gasteiger partial charge in [-0.1, -0.05) is 12.1 Å². The number of aromatic nitrogens is 4. The third-order valence-electron chi connectivity index (χ3n) is 6.26. The van der Waals surface area contributed by atoms with Crippen LogP contribution in [0.4, 0.5) is 11.6 Å². The molecule has 4 heterocycles. The Labute approximate surface area is 215 Å². The molecule has 2 fully saturated rings. The first-order valence-corrected chi connectivity index (χ1v) is 13.5. The Morgan fingerprint density at radius 3 is 2.38 bits per heavy atom. The molecule has 5 rings (SSSR count). The van der Waals surface area contributed by atoms with E-state index < -0.39 is 10.0 Å². The van der Waals surface area contributed by atoms with Crippen molar-refractivity contribution >= 4 is 27.6 Å². The topological polar surface area (TPSA) is 132 Å². The average molecular weight is 528 g/mol. The number of anilines is 2. The van der Waals surface area contributed by atoms with Crippen LogP contribution in [0, 0.1) is 6.92 Å². The summed E-state index contributed by atoms with van der Waals surface area (Å²) in [6, 6.07) is 6.71. The molecule has 1 aromatic carbocycles. The summed E-state index contributed by atoms with van der Waals surface area (Å²) in [5, 5.41) is 7.40. The molecule has 37 heavy (non-hydrogen) atoms. The van der Waals surface area contributed by atoms with Gasteiger partial charge in [-0.05, 0) is 24.6 Å². The predicted octanol–water partition coefficient (Wildman–Crippen LogP) is 1.27. The summed E-state index contributed by atoms with van der Waals surface area (Å²) in [4.78, 5) is 23.5. The number of nitrogens with zero attached hydrogens (tertiary/aromatic N) is 6. The molecule has 2 aliphatic heterocycles. The Morgan fingerprint density at radius 2 is 1.68 bits per heavy atom. The van der Waals surface area contributed by atoms with Crippen molar-refractivity contribution in [1.82, 2.24) is 29.0 Å². The van der Waals surface area contributed by atoms with Gasteiger partial charge in [0.05, 0.1) is 48.9 Å². The minimum Gasteiger partial charge on any atom is -0.379 e. The lowest BCUT2D eigenvalue weighted by Crippen LogP contribution is -2.42. The summed E-state index contributed by atoms with van der Waals surface area (Å²) < 4.78 is 39.4. The third-order valence-corrected chi connectivity index (χ3v) is 8.17. The van der Waals surface area contributed by atoms with Crippen LogP contribution in [0.3, 0.4) is 0 Å². The molecule has 13 heteroatoms. The molecule has 2 aliphatic rings. The van der Waals surface area contributed by atoms with Crippen LogP contribution in [-0.2, 0) is 30.8 Å². The van der Waals surface area contributed by atoms with E-state index in [4.69, 9.17) is 9.47 Å². The molecule has 1 amide bonds. The van der Waals surface area contributed by atoms with Crippen molar-refractivity contribution in [1.29, 1.82) is 0 Å². The van der Waals surface area contributed by atoms with Crippen molar-refractivity contribution in [3.05, 3.63) is 48.4 Å². The molecule has 0 unspecified atom stereocenters. The second kappa shape index (κ2) is 10.9. The molecule has 0 atom stereocenters. The maximum Gasteiger partial charge on any atom is 0.244 e. The summed E-state index contributed by atoms with van der Waals surface area (Å²) in [5.74, 6) is 0.357. The monoisotopic (exact) mass is 527 g/mol. The fourth-order valence-electron chi connectivity index (χ4n) is 4.21. The van der Waals surface area contributed by atoms with Crippen LogP contribution in [0.25, 0.3) is 11.3 Å². The zero-order chi connectivity index (χ0) is 25.8. The maximum absolute atomic E-state index is 12.9. The Kier molecular flexibility index (Phi) is 7.46. The van der Waals surface area contributed by atoms with E-state index in [1.165, 1.54) is 4.31 Å². The molecule has 196 valence electrons. The number of amides is 1. The third kappa shape index (κ3) is 5.80. The fraction of sp³-hybridized carbons (Fsp3) is 0.417. The van der Waals surface area contributed by atoms with E-state index in [1.807, 2.05) is 6.92 Å². The van der Waals surface area contributed by atoms with Crippen LogP contribution in [0.2, 0.25) is 0 Å². The first-order chi connectivity index (χ1) is 17.9. The van der Waals surface area contributed by atoms with E-state index in [1.54, 1.807) is 52.4 Å². The Morgan fingerprint density at radius 1 is 1.00 bits per heavy atom. The molecule has 2 saturated heterocycles. The van der Waals surface area contributed by atoms with Crippen LogP contribution in [0.15, 0.2) is 47.8 Å². The van der Waals surface area contributed by atoms with E-state index in [0.717, 1.165) is 11.1 Å². The van der Waals surface area contributed by atoms with Gasteiger partial charge in [-0.15, -0.1) is 0 Å². The Bertz CT molecular complexity index is 1350. The SMILES string of the molecule is Cc1cnc(Nc2cnn(CC(=O)N3CCOCC3)c2)nc1-c1ccc(S(=O)(=O)N2CCOCC2)cc1. The van der Waals surface area contributed by atoms with Crippen molar-refractivity contribution in [2.75, 3.05) is 57.9 Å². The van der Waals surface area contributed by atoms with Crippen LogP contribution < -0.4 is 5.32 Å². The van der Waals surface area contributed by atoms with E-state index in [2.05, 4.69) is 20.4 Å². The smallest absolute Gasteiger partial charge is 0.244 e. The van der Waals surface area contributed by atoms with Gasteiger partial charge in [-0.3, -0.25) is 9.48 Å². The fourth-order valence-corrected chi connectivity index (χ4v) is 5.62. The van der Waals surface area contributed by atoms with Crippen molar-refractivity contribution in [3.8, 4) is 11.3 Å². The lowest BCUT2D eigenvalue weighted by atomic mass is 10.1. The molecule has 0 saturated carbocycles. The van der Waals surface area contributed by atoms with E-state index in [9.17, 15) is 13.2 Å². The number of aryl methyl sites for hydroxylation is 1. The van der Waals surface area contributed by atoms with Crippen molar-refractivity contribution in [2.45, 2.75) is 18.4 Å². The van der Waals surface area contributed by atoms with E-state index >= 15 is 0 Å². The minimum atomic E-state index is -3.57. The van der Waals surface area contributed by atoms with Crippen molar-refractivity contribution < 1.29 is 22.7 Å². The number of benzene rings is 1.